The fourth-order valence-corrected chi connectivity index (χ4v) is 5.62. The molecule has 1 aliphatic rings. The normalized spacial score (nSPS) is 13.9. The number of halogens is 2. The van der Waals surface area contributed by atoms with Gasteiger partial charge in [-0.25, -0.2) is 4.39 Å². The lowest BCUT2D eigenvalue weighted by molar-refractivity contribution is -0.124. The fraction of sp³-hybridized carbons (Fsp3) is 0.303. The molecule has 4 aromatic rings. The number of hydrogen-bond acceptors (Lipinski definition) is 4. The number of ketones is 1. The Morgan fingerprint density at radius 1 is 0.952 bits per heavy atom. The standard InChI is InChI=1S/C33H33ClFN3O4/c1-36(2)33(41)31(39)28-19-38(21-42-20-24-6-4-3-5-7-24)30-18-29(34)27(17-26(28)30)32(40)37-14-12-23(13-15-37)16-22-8-10-25(35)11-9-22/h3-11,17-19,23H,12-16,20-21H2,1-2H3. The van der Waals surface area contributed by atoms with Crippen molar-refractivity contribution in [2.75, 3.05) is 27.2 Å². The van der Waals surface area contributed by atoms with Gasteiger partial charge in [-0.3, -0.25) is 14.4 Å². The van der Waals surface area contributed by atoms with Gasteiger partial charge in [0.2, 0.25) is 0 Å². The van der Waals surface area contributed by atoms with Crippen LogP contribution in [0.15, 0.2) is 72.9 Å². The molecule has 9 heteroatoms. The molecule has 1 saturated heterocycles. The van der Waals surface area contributed by atoms with Gasteiger partial charge in [0.25, 0.3) is 17.6 Å². The van der Waals surface area contributed by atoms with E-state index in [4.69, 9.17) is 16.3 Å². The molecule has 42 heavy (non-hydrogen) atoms. The molecule has 7 nitrogen and oxygen atoms in total. The van der Waals surface area contributed by atoms with Crippen molar-refractivity contribution in [3.63, 3.8) is 0 Å². The number of piperidine rings is 1. The second-order valence-corrected chi connectivity index (χ2v) is 11.3. The molecule has 0 aliphatic carbocycles. The molecule has 0 N–H and O–H groups in total. The topological polar surface area (TPSA) is 71.9 Å². The number of carbonyl (C=O) groups excluding carboxylic acids is 3. The monoisotopic (exact) mass is 589 g/mol. The van der Waals surface area contributed by atoms with E-state index in [0.717, 1.165) is 30.4 Å². The lowest BCUT2D eigenvalue weighted by Crippen LogP contribution is -2.39. The Morgan fingerprint density at radius 2 is 1.64 bits per heavy atom. The Balaban J connectivity index is 1.36. The Hall–Kier alpha value is -4.01. The lowest BCUT2D eigenvalue weighted by Gasteiger charge is -2.32. The van der Waals surface area contributed by atoms with Crippen molar-refractivity contribution in [3.8, 4) is 0 Å². The second kappa shape index (κ2) is 12.9. The van der Waals surface area contributed by atoms with Crippen LogP contribution in [0, 0.1) is 11.7 Å². The molecule has 1 fully saturated rings. The third-order valence-corrected chi connectivity index (χ3v) is 8.04. The summed E-state index contributed by atoms with van der Waals surface area (Å²) in [7, 11) is 3.04. The number of hydrogen-bond donors (Lipinski definition) is 0. The minimum Gasteiger partial charge on any atom is -0.356 e. The molecule has 2 heterocycles. The summed E-state index contributed by atoms with van der Waals surface area (Å²) in [6, 6.07) is 19.5. The van der Waals surface area contributed by atoms with Gasteiger partial charge in [0.15, 0.2) is 0 Å². The van der Waals surface area contributed by atoms with Crippen molar-refractivity contribution in [1.82, 2.24) is 14.4 Å². The number of carbonyl (C=O) groups is 3. The maximum Gasteiger partial charge on any atom is 0.294 e. The molecule has 2 amide bonds. The third-order valence-electron chi connectivity index (χ3n) is 7.73. The number of amides is 2. The maximum absolute atomic E-state index is 13.6. The summed E-state index contributed by atoms with van der Waals surface area (Å²) < 4.78 is 20.9. The molecule has 0 atom stereocenters. The molecule has 3 aromatic carbocycles. The van der Waals surface area contributed by atoms with E-state index in [1.54, 1.807) is 39.9 Å². The number of Topliss-reactive ketones (excluding diaryl/α,β-unsaturated/α-hetero) is 1. The number of nitrogens with zero attached hydrogens (tertiary/aromatic N) is 3. The van der Waals surface area contributed by atoms with Gasteiger partial charge in [-0.15, -0.1) is 0 Å². The first-order valence-corrected chi connectivity index (χ1v) is 14.3. The Bertz CT molecular complexity index is 1590. The van der Waals surface area contributed by atoms with E-state index in [0.29, 0.717) is 36.5 Å². The van der Waals surface area contributed by atoms with Crippen molar-refractivity contribution >= 4 is 40.1 Å². The van der Waals surface area contributed by atoms with Crippen LogP contribution in [0.1, 0.15) is 44.7 Å². The predicted octanol–water partition coefficient (Wildman–Crippen LogP) is 5.97. The Kier molecular flexibility index (Phi) is 9.04. The summed E-state index contributed by atoms with van der Waals surface area (Å²) in [5.41, 5.74) is 3.15. The minimum absolute atomic E-state index is 0.125. The molecule has 0 unspecified atom stereocenters. The largest absolute Gasteiger partial charge is 0.356 e. The zero-order valence-electron chi connectivity index (χ0n) is 23.7. The van der Waals surface area contributed by atoms with Crippen molar-refractivity contribution in [1.29, 1.82) is 0 Å². The van der Waals surface area contributed by atoms with Crippen LogP contribution in [0.25, 0.3) is 10.9 Å². The summed E-state index contributed by atoms with van der Waals surface area (Å²) in [5, 5.41) is 0.735. The van der Waals surface area contributed by atoms with E-state index < -0.39 is 11.7 Å². The maximum atomic E-state index is 13.6. The highest BCUT2D eigenvalue weighted by Crippen LogP contribution is 2.31. The molecule has 0 bridgehead atoms. The van der Waals surface area contributed by atoms with Crippen LogP contribution in [0.3, 0.4) is 0 Å². The summed E-state index contributed by atoms with van der Waals surface area (Å²) in [4.78, 5) is 42.5. The molecular formula is C33H33ClFN3O4. The molecule has 1 aromatic heterocycles. The van der Waals surface area contributed by atoms with Crippen molar-refractivity contribution in [3.05, 3.63) is 106 Å². The van der Waals surface area contributed by atoms with Gasteiger partial charge < -0.3 is 19.1 Å². The van der Waals surface area contributed by atoms with Crippen molar-refractivity contribution in [2.45, 2.75) is 32.6 Å². The lowest BCUT2D eigenvalue weighted by atomic mass is 9.90. The van der Waals surface area contributed by atoms with E-state index in [1.165, 1.54) is 31.1 Å². The van der Waals surface area contributed by atoms with Crippen molar-refractivity contribution < 1.29 is 23.5 Å². The molecule has 218 valence electrons. The fourth-order valence-electron chi connectivity index (χ4n) is 5.38. The van der Waals surface area contributed by atoms with E-state index >= 15 is 0 Å². The van der Waals surface area contributed by atoms with Crippen molar-refractivity contribution in [2.24, 2.45) is 5.92 Å². The van der Waals surface area contributed by atoms with E-state index in [9.17, 15) is 18.8 Å². The van der Waals surface area contributed by atoms with Gasteiger partial charge in [0.1, 0.15) is 12.5 Å². The van der Waals surface area contributed by atoms with E-state index in [2.05, 4.69) is 0 Å². The van der Waals surface area contributed by atoms with Gasteiger partial charge in [-0.2, -0.15) is 0 Å². The predicted molar refractivity (Wildman–Crippen MR) is 160 cm³/mol. The molecular weight excluding hydrogens is 557 g/mol. The quantitative estimate of drug-likeness (QED) is 0.178. The summed E-state index contributed by atoms with van der Waals surface area (Å²) in [5.74, 6) is -1.41. The number of likely N-dealkylation sites (N-methyl/N-ethyl adjacent to an activating group) is 1. The van der Waals surface area contributed by atoms with Gasteiger partial charge in [0.05, 0.1) is 28.3 Å². The second-order valence-electron chi connectivity index (χ2n) is 10.9. The number of ether oxygens (including phenoxy) is 1. The number of aromatic nitrogens is 1. The number of likely N-dealkylation sites (tertiary alicyclic amines) is 1. The number of rotatable bonds is 9. The zero-order valence-corrected chi connectivity index (χ0v) is 24.4. The third kappa shape index (κ3) is 6.55. The molecule has 5 rings (SSSR count). The van der Waals surface area contributed by atoms with Gasteiger partial charge in [0, 0.05) is 38.8 Å². The highest BCUT2D eigenvalue weighted by atomic mass is 35.5. The first kappa shape index (κ1) is 29.5. The molecule has 1 aliphatic heterocycles. The van der Waals surface area contributed by atoms with Crippen LogP contribution in [-0.2, 0) is 29.3 Å². The van der Waals surface area contributed by atoms with Gasteiger partial charge in [-0.1, -0.05) is 54.1 Å². The van der Waals surface area contributed by atoms with E-state index in [-0.39, 0.29) is 34.6 Å². The van der Waals surface area contributed by atoms with Gasteiger partial charge >= 0.3 is 0 Å². The number of benzene rings is 3. The van der Waals surface area contributed by atoms with Crippen LogP contribution >= 0.6 is 11.6 Å². The average Bonchev–Trinajstić information content (AvgIpc) is 3.34. The molecule has 0 spiro atoms. The average molecular weight is 590 g/mol. The summed E-state index contributed by atoms with van der Waals surface area (Å²) in [6.45, 7) is 1.62. The van der Waals surface area contributed by atoms with Gasteiger partial charge in [-0.05, 0) is 60.6 Å². The summed E-state index contributed by atoms with van der Waals surface area (Å²) in [6.07, 6.45) is 4.06. The van der Waals surface area contributed by atoms with Crippen LogP contribution in [0.4, 0.5) is 4.39 Å². The highest BCUT2D eigenvalue weighted by molar-refractivity contribution is 6.45. The SMILES string of the molecule is CN(C)C(=O)C(=O)c1cn(COCc2ccccc2)c2cc(Cl)c(C(=O)N3CCC(Cc4ccc(F)cc4)CC3)cc12. The highest BCUT2D eigenvalue weighted by Gasteiger charge is 2.28. The van der Waals surface area contributed by atoms with E-state index in [1.807, 2.05) is 30.3 Å². The molecule has 0 radical (unpaired) electrons. The zero-order chi connectivity index (χ0) is 29.8. The summed E-state index contributed by atoms with van der Waals surface area (Å²) >= 11 is 6.68. The number of fused-ring (bicyclic) bond motifs is 1. The first-order valence-electron chi connectivity index (χ1n) is 13.9. The van der Waals surface area contributed by atoms with Crippen LogP contribution < -0.4 is 0 Å². The molecule has 0 saturated carbocycles. The smallest absolute Gasteiger partial charge is 0.294 e. The Morgan fingerprint density at radius 3 is 2.31 bits per heavy atom. The van der Waals surface area contributed by atoms with Crippen LogP contribution in [0.5, 0.6) is 0 Å². The Labute approximate surface area is 249 Å². The van der Waals surface area contributed by atoms with Crippen LogP contribution in [0.2, 0.25) is 5.02 Å². The van der Waals surface area contributed by atoms with Crippen LogP contribution in [-0.4, -0.2) is 59.1 Å². The first-order chi connectivity index (χ1) is 20.2. The minimum atomic E-state index is -0.672.